The monoisotopic (exact) mass is 237 g/mol. The Balaban J connectivity index is 2.82. The van der Waals surface area contributed by atoms with E-state index in [1.165, 1.54) is 0 Å². The van der Waals surface area contributed by atoms with Crippen molar-refractivity contribution in [3.05, 3.63) is 35.4 Å². The van der Waals surface area contributed by atoms with E-state index >= 15 is 0 Å². The normalized spacial score (nSPS) is 9.23. The standard InChI is InChI=1S/C10H8BrNO/c11-7-10(13)9-3-1-8(2-4-9)5-6-12/h1-4H,5,7H2. The van der Waals surface area contributed by atoms with Crippen molar-refractivity contribution in [1.82, 2.24) is 0 Å². The SMILES string of the molecule is N#CCc1ccc(C(=O)CBr)cc1. The molecular weight excluding hydrogens is 230 g/mol. The van der Waals surface area contributed by atoms with Gasteiger partial charge in [0.25, 0.3) is 0 Å². The highest BCUT2D eigenvalue weighted by molar-refractivity contribution is 9.09. The number of benzene rings is 1. The van der Waals surface area contributed by atoms with Gasteiger partial charge in [-0.2, -0.15) is 5.26 Å². The zero-order valence-corrected chi connectivity index (χ0v) is 8.54. The smallest absolute Gasteiger partial charge is 0.173 e. The fourth-order valence-corrected chi connectivity index (χ4v) is 1.30. The van der Waals surface area contributed by atoms with Crippen molar-refractivity contribution in [2.24, 2.45) is 0 Å². The van der Waals surface area contributed by atoms with Gasteiger partial charge in [-0.3, -0.25) is 4.79 Å². The van der Waals surface area contributed by atoms with Crippen LogP contribution in [-0.4, -0.2) is 11.1 Å². The van der Waals surface area contributed by atoms with Crippen LogP contribution in [0.5, 0.6) is 0 Å². The maximum absolute atomic E-state index is 11.2. The van der Waals surface area contributed by atoms with Gasteiger partial charge in [0.1, 0.15) is 0 Å². The molecule has 13 heavy (non-hydrogen) atoms. The number of hydrogen-bond donors (Lipinski definition) is 0. The number of carbonyl (C=O) groups is 1. The van der Waals surface area contributed by atoms with Crippen molar-refractivity contribution in [1.29, 1.82) is 5.26 Å². The highest BCUT2D eigenvalue weighted by atomic mass is 79.9. The van der Waals surface area contributed by atoms with Gasteiger partial charge in [0.05, 0.1) is 17.8 Å². The quantitative estimate of drug-likeness (QED) is 0.599. The third-order valence-electron chi connectivity index (χ3n) is 1.68. The van der Waals surface area contributed by atoms with E-state index in [9.17, 15) is 4.79 Å². The molecule has 66 valence electrons. The van der Waals surface area contributed by atoms with Crippen LogP contribution in [-0.2, 0) is 6.42 Å². The lowest BCUT2D eigenvalue weighted by atomic mass is 10.1. The molecule has 0 atom stereocenters. The Morgan fingerprint density at radius 2 is 2.00 bits per heavy atom. The molecule has 0 heterocycles. The van der Waals surface area contributed by atoms with Crippen LogP contribution in [0.15, 0.2) is 24.3 Å². The first-order valence-electron chi connectivity index (χ1n) is 3.83. The number of nitrogens with zero attached hydrogens (tertiary/aromatic N) is 1. The van der Waals surface area contributed by atoms with E-state index in [0.29, 0.717) is 17.3 Å². The average molecular weight is 238 g/mol. The summed E-state index contributed by atoms with van der Waals surface area (Å²) in [6.45, 7) is 0. The lowest BCUT2D eigenvalue weighted by Gasteiger charge is -1.97. The number of hydrogen-bond acceptors (Lipinski definition) is 2. The Labute approximate surface area is 85.3 Å². The van der Waals surface area contributed by atoms with Gasteiger partial charge in [0.15, 0.2) is 5.78 Å². The van der Waals surface area contributed by atoms with Gasteiger partial charge in [-0.15, -0.1) is 0 Å². The van der Waals surface area contributed by atoms with Crippen LogP contribution in [0.25, 0.3) is 0 Å². The summed E-state index contributed by atoms with van der Waals surface area (Å²) in [7, 11) is 0. The second-order valence-corrected chi connectivity index (χ2v) is 3.15. The first-order valence-corrected chi connectivity index (χ1v) is 4.95. The molecule has 0 saturated heterocycles. The molecule has 0 amide bonds. The van der Waals surface area contributed by atoms with Gasteiger partial charge < -0.3 is 0 Å². The van der Waals surface area contributed by atoms with Gasteiger partial charge in [-0.05, 0) is 5.56 Å². The van der Waals surface area contributed by atoms with Crippen molar-refractivity contribution < 1.29 is 4.79 Å². The molecule has 3 heteroatoms. The lowest BCUT2D eigenvalue weighted by Crippen LogP contribution is -1.99. The third kappa shape index (κ3) is 2.67. The van der Waals surface area contributed by atoms with Gasteiger partial charge in [0, 0.05) is 5.56 Å². The van der Waals surface area contributed by atoms with Crippen LogP contribution in [0.4, 0.5) is 0 Å². The predicted molar refractivity (Wildman–Crippen MR) is 53.9 cm³/mol. The number of alkyl halides is 1. The summed E-state index contributed by atoms with van der Waals surface area (Å²) in [6.07, 6.45) is 0.392. The largest absolute Gasteiger partial charge is 0.293 e. The van der Waals surface area contributed by atoms with Crippen molar-refractivity contribution in [2.45, 2.75) is 6.42 Å². The lowest BCUT2D eigenvalue weighted by molar-refractivity contribution is 0.102. The van der Waals surface area contributed by atoms with E-state index in [1.807, 2.05) is 0 Å². The Morgan fingerprint density at radius 3 is 2.46 bits per heavy atom. The minimum atomic E-state index is 0.0588. The number of ketones is 1. The molecule has 0 radical (unpaired) electrons. The molecule has 0 aromatic heterocycles. The summed E-state index contributed by atoms with van der Waals surface area (Å²) in [6, 6.07) is 9.15. The molecule has 0 unspecified atom stereocenters. The Bertz CT molecular complexity index is 337. The molecular formula is C10H8BrNO. The Morgan fingerprint density at radius 1 is 1.38 bits per heavy atom. The Hall–Kier alpha value is -1.14. The van der Waals surface area contributed by atoms with E-state index in [-0.39, 0.29) is 5.78 Å². The molecule has 0 aliphatic rings. The number of nitriles is 1. The minimum absolute atomic E-state index is 0.0588. The number of Topliss-reactive ketones (excluding diaryl/α,β-unsaturated/α-hetero) is 1. The van der Waals surface area contributed by atoms with Crippen molar-refractivity contribution in [3.63, 3.8) is 0 Å². The van der Waals surface area contributed by atoms with Crippen molar-refractivity contribution in [2.75, 3.05) is 5.33 Å². The van der Waals surface area contributed by atoms with E-state index in [1.54, 1.807) is 24.3 Å². The van der Waals surface area contributed by atoms with Gasteiger partial charge in [0.2, 0.25) is 0 Å². The number of carbonyl (C=O) groups excluding carboxylic acids is 1. The fraction of sp³-hybridized carbons (Fsp3) is 0.200. The maximum Gasteiger partial charge on any atom is 0.173 e. The van der Waals surface area contributed by atoms with Crippen molar-refractivity contribution >= 4 is 21.7 Å². The van der Waals surface area contributed by atoms with Gasteiger partial charge >= 0.3 is 0 Å². The van der Waals surface area contributed by atoms with E-state index < -0.39 is 0 Å². The van der Waals surface area contributed by atoms with Gasteiger partial charge in [-0.1, -0.05) is 40.2 Å². The summed E-state index contributed by atoms with van der Waals surface area (Å²) in [5.41, 5.74) is 1.62. The second-order valence-electron chi connectivity index (χ2n) is 2.59. The van der Waals surface area contributed by atoms with Crippen molar-refractivity contribution in [3.8, 4) is 6.07 Å². The van der Waals surface area contributed by atoms with E-state index in [4.69, 9.17) is 5.26 Å². The van der Waals surface area contributed by atoms with Crippen LogP contribution in [0, 0.1) is 11.3 Å². The molecule has 1 rings (SSSR count). The second kappa shape index (κ2) is 4.78. The first kappa shape index (κ1) is 9.94. The molecule has 1 aromatic carbocycles. The molecule has 1 aromatic rings. The van der Waals surface area contributed by atoms with Gasteiger partial charge in [-0.25, -0.2) is 0 Å². The number of rotatable bonds is 3. The Kier molecular flexibility index (Phi) is 3.66. The van der Waals surface area contributed by atoms with Crippen LogP contribution in [0.1, 0.15) is 15.9 Å². The summed E-state index contributed by atoms with van der Waals surface area (Å²) in [5.74, 6) is 0.0588. The van der Waals surface area contributed by atoms with E-state index in [2.05, 4.69) is 22.0 Å². The third-order valence-corrected chi connectivity index (χ3v) is 2.19. The topological polar surface area (TPSA) is 40.9 Å². The number of halogens is 1. The molecule has 0 N–H and O–H groups in total. The molecule has 0 saturated carbocycles. The summed E-state index contributed by atoms with van der Waals surface area (Å²) in [5, 5.41) is 8.76. The molecule has 2 nitrogen and oxygen atoms in total. The highest BCUT2D eigenvalue weighted by Crippen LogP contribution is 2.06. The maximum atomic E-state index is 11.2. The van der Waals surface area contributed by atoms with Crippen LogP contribution in [0.2, 0.25) is 0 Å². The van der Waals surface area contributed by atoms with Crippen LogP contribution in [0.3, 0.4) is 0 Å². The molecule has 0 aliphatic heterocycles. The molecule has 0 bridgehead atoms. The van der Waals surface area contributed by atoms with Crippen LogP contribution < -0.4 is 0 Å². The highest BCUT2D eigenvalue weighted by Gasteiger charge is 2.02. The first-order chi connectivity index (χ1) is 6.27. The minimum Gasteiger partial charge on any atom is -0.293 e. The summed E-state index contributed by atoms with van der Waals surface area (Å²) < 4.78 is 0. The molecule has 0 aliphatic carbocycles. The zero-order chi connectivity index (χ0) is 9.68. The summed E-state index contributed by atoms with van der Waals surface area (Å²) >= 11 is 3.10. The molecule has 0 spiro atoms. The fourth-order valence-electron chi connectivity index (χ4n) is 0.977. The summed E-state index contributed by atoms with van der Waals surface area (Å²) in [4.78, 5) is 11.2. The molecule has 0 fully saturated rings. The van der Waals surface area contributed by atoms with Crippen LogP contribution >= 0.6 is 15.9 Å². The zero-order valence-electron chi connectivity index (χ0n) is 6.96. The predicted octanol–water partition coefficient (Wildman–Crippen LogP) is 2.33. The average Bonchev–Trinajstić information content (AvgIpc) is 2.18. The van der Waals surface area contributed by atoms with E-state index in [0.717, 1.165) is 5.56 Å².